The molecule has 0 atom stereocenters. The van der Waals surface area contributed by atoms with Crippen LogP contribution in [0.15, 0.2) is 4.99 Å². The molecule has 4 nitrogen and oxygen atoms in total. The van der Waals surface area contributed by atoms with Crippen molar-refractivity contribution in [2.75, 3.05) is 13.7 Å². The number of carbonyl (C=O) groups excluding carboxylic acids is 2. The molecule has 0 aromatic rings. The van der Waals surface area contributed by atoms with E-state index in [0.29, 0.717) is 0 Å². The first-order valence-electron chi connectivity index (χ1n) is 1.91. The van der Waals surface area contributed by atoms with Crippen molar-refractivity contribution in [1.82, 2.24) is 0 Å². The zero-order valence-electron chi connectivity index (χ0n) is 4.38. The number of ether oxygens (including phenoxy) is 1. The van der Waals surface area contributed by atoms with Crippen LogP contribution in [0.3, 0.4) is 0 Å². The second-order valence-corrected chi connectivity index (χ2v) is 0.984. The van der Waals surface area contributed by atoms with Crippen molar-refractivity contribution in [3.05, 3.63) is 0 Å². The predicted octanol–water partition coefficient (Wildman–Crippen LogP) is -0.505. The molecule has 0 spiro atoms. The third-order valence-corrected chi connectivity index (χ3v) is 0.500. The largest absolute Gasteiger partial charge is 0.468 e. The highest BCUT2D eigenvalue weighted by Gasteiger charge is 1.93. The molecule has 0 aromatic carbocycles. The summed E-state index contributed by atoms with van der Waals surface area (Å²) in [7, 11) is 1.22. The minimum absolute atomic E-state index is 0.236. The molecule has 0 saturated heterocycles. The summed E-state index contributed by atoms with van der Waals surface area (Å²) in [4.78, 5) is 22.4. The van der Waals surface area contributed by atoms with E-state index in [1.54, 1.807) is 0 Å². The molecule has 44 valence electrons. The summed E-state index contributed by atoms with van der Waals surface area (Å²) < 4.78 is 4.14. The van der Waals surface area contributed by atoms with E-state index in [4.69, 9.17) is 0 Å². The lowest BCUT2D eigenvalue weighted by molar-refractivity contribution is -0.138. The van der Waals surface area contributed by atoms with Gasteiger partial charge in [-0.15, -0.1) is 0 Å². The van der Waals surface area contributed by atoms with Crippen molar-refractivity contribution >= 4 is 12.0 Å². The van der Waals surface area contributed by atoms with Crippen LogP contribution >= 0.6 is 0 Å². The van der Waals surface area contributed by atoms with E-state index < -0.39 is 5.97 Å². The molecule has 0 radical (unpaired) electrons. The third kappa shape index (κ3) is 3.06. The van der Waals surface area contributed by atoms with E-state index >= 15 is 0 Å². The maximum atomic E-state index is 10.1. The minimum atomic E-state index is -0.534. The van der Waals surface area contributed by atoms with Gasteiger partial charge in [0.15, 0.2) is 0 Å². The SMILES string of the molecule is COC(=O)CN=C=O. The van der Waals surface area contributed by atoms with E-state index in [1.807, 2.05) is 0 Å². The van der Waals surface area contributed by atoms with Crippen molar-refractivity contribution in [3.8, 4) is 0 Å². The van der Waals surface area contributed by atoms with Crippen molar-refractivity contribution in [1.29, 1.82) is 0 Å². The summed E-state index contributed by atoms with van der Waals surface area (Å²) in [5.74, 6) is -0.534. The maximum absolute atomic E-state index is 10.1. The van der Waals surface area contributed by atoms with Gasteiger partial charge in [-0.05, 0) is 0 Å². The molecule has 0 aromatic heterocycles. The van der Waals surface area contributed by atoms with E-state index in [1.165, 1.54) is 13.2 Å². The van der Waals surface area contributed by atoms with Crippen LogP contribution in [0, 0.1) is 0 Å². The van der Waals surface area contributed by atoms with Gasteiger partial charge in [-0.3, -0.25) is 4.79 Å². The Morgan fingerprint density at radius 3 is 2.88 bits per heavy atom. The Morgan fingerprint density at radius 2 is 2.50 bits per heavy atom. The summed E-state index contributed by atoms with van der Waals surface area (Å²) in [5.41, 5.74) is 0. The van der Waals surface area contributed by atoms with Gasteiger partial charge in [-0.25, -0.2) is 4.79 Å². The molecule has 0 unspecified atom stereocenters. The summed E-state index contributed by atoms with van der Waals surface area (Å²) in [6, 6.07) is 0. The van der Waals surface area contributed by atoms with Gasteiger partial charge in [-0.1, -0.05) is 0 Å². The van der Waals surface area contributed by atoms with Crippen molar-refractivity contribution in [3.63, 3.8) is 0 Å². The lowest BCUT2D eigenvalue weighted by atomic mass is 10.7. The van der Waals surface area contributed by atoms with Gasteiger partial charge >= 0.3 is 5.97 Å². The molecule has 0 bridgehead atoms. The molecule has 8 heavy (non-hydrogen) atoms. The van der Waals surface area contributed by atoms with Crippen LogP contribution in [0.4, 0.5) is 0 Å². The van der Waals surface area contributed by atoms with Crippen LogP contribution in [0.1, 0.15) is 0 Å². The average molecular weight is 115 g/mol. The average Bonchev–Trinajstić information content (AvgIpc) is 1.83. The van der Waals surface area contributed by atoms with Crippen LogP contribution in [-0.4, -0.2) is 25.7 Å². The predicted molar refractivity (Wildman–Crippen MR) is 25.0 cm³/mol. The molecule has 0 saturated carbocycles. The number of aliphatic imine (C=N–C) groups is 1. The zero-order chi connectivity index (χ0) is 6.41. The van der Waals surface area contributed by atoms with E-state index in [0.717, 1.165) is 0 Å². The Hall–Kier alpha value is -1.15. The first kappa shape index (κ1) is 6.85. The minimum Gasteiger partial charge on any atom is -0.468 e. The molecule has 0 aliphatic carbocycles. The Balaban J connectivity index is 3.39. The third-order valence-electron chi connectivity index (χ3n) is 0.500. The maximum Gasteiger partial charge on any atom is 0.328 e. The fraction of sp³-hybridized carbons (Fsp3) is 0.500. The van der Waals surface area contributed by atoms with Crippen LogP contribution in [0.5, 0.6) is 0 Å². The first-order valence-corrected chi connectivity index (χ1v) is 1.91. The zero-order valence-corrected chi connectivity index (χ0v) is 4.38. The molecule has 0 amide bonds. The standard InChI is InChI=1S/C4H5NO3/c1-8-4(7)2-5-3-6/h2H2,1H3. The Bertz CT molecular complexity index is 125. The monoisotopic (exact) mass is 115 g/mol. The fourth-order valence-electron chi connectivity index (χ4n) is 0.161. The molecular formula is C4H5NO3. The number of hydrogen-bond donors (Lipinski definition) is 0. The van der Waals surface area contributed by atoms with Crippen LogP contribution in [0.25, 0.3) is 0 Å². The molecule has 0 aliphatic rings. The molecule has 0 heterocycles. The fourth-order valence-corrected chi connectivity index (χ4v) is 0.161. The summed E-state index contributed by atoms with van der Waals surface area (Å²) in [6.07, 6.45) is 1.21. The van der Waals surface area contributed by atoms with Gasteiger partial charge in [0.1, 0.15) is 6.54 Å². The number of hydrogen-bond acceptors (Lipinski definition) is 4. The number of esters is 1. The van der Waals surface area contributed by atoms with E-state index in [2.05, 4.69) is 9.73 Å². The smallest absolute Gasteiger partial charge is 0.328 e. The second kappa shape index (κ2) is 4.02. The van der Waals surface area contributed by atoms with Gasteiger partial charge in [0.05, 0.1) is 7.11 Å². The first-order chi connectivity index (χ1) is 3.81. The normalized spacial score (nSPS) is 7.12. The Kier molecular flexibility index (Phi) is 3.44. The molecule has 0 fully saturated rings. The van der Waals surface area contributed by atoms with Crippen LogP contribution in [0.2, 0.25) is 0 Å². The lowest BCUT2D eigenvalue weighted by Gasteiger charge is -1.87. The Morgan fingerprint density at radius 1 is 1.88 bits per heavy atom. The van der Waals surface area contributed by atoms with Gasteiger partial charge < -0.3 is 4.74 Å². The number of rotatable bonds is 2. The van der Waals surface area contributed by atoms with Crippen LogP contribution < -0.4 is 0 Å². The summed E-state index contributed by atoms with van der Waals surface area (Å²) in [5, 5.41) is 0. The van der Waals surface area contributed by atoms with Gasteiger partial charge in [0.2, 0.25) is 6.08 Å². The molecule has 4 heteroatoms. The van der Waals surface area contributed by atoms with E-state index in [9.17, 15) is 9.59 Å². The molecule has 0 rings (SSSR count). The van der Waals surface area contributed by atoms with Crippen molar-refractivity contribution in [2.45, 2.75) is 0 Å². The highest BCUT2D eigenvalue weighted by molar-refractivity contribution is 5.72. The van der Waals surface area contributed by atoms with Crippen molar-refractivity contribution in [2.24, 2.45) is 4.99 Å². The number of carbonyl (C=O) groups is 1. The summed E-state index contributed by atoms with van der Waals surface area (Å²) >= 11 is 0. The van der Waals surface area contributed by atoms with Gasteiger partial charge in [0, 0.05) is 0 Å². The number of nitrogens with zero attached hydrogens (tertiary/aromatic N) is 1. The van der Waals surface area contributed by atoms with Gasteiger partial charge in [0.25, 0.3) is 0 Å². The van der Waals surface area contributed by atoms with Crippen molar-refractivity contribution < 1.29 is 14.3 Å². The lowest BCUT2D eigenvalue weighted by Crippen LogP contribution is -2.03. The molecule has 0 N–H and O–H groups in total. The molecule has 0 aliphatic heterocycles. The topological polar surface area (TPSA) is 55.7 Å². The van der Waals surface area contributed by atoms with Crippen LogP contribution in [-0.2, 0) is 14.3 Å². The molecular weight excluding hydrogens is 110 g/mol. The second-order valence-electron chi connectivity index (χ2n) is 0.984. The quantitative estimate of drug-likeness (QED) is 0.277. The Labute approximate surface area is 46.2 Å². The number of methoxy groups -OCH3 is 1. The van der Waals surface area contributed by atoms with Gasteiger partial charge in [-0.2, -0.15) is 4.99 Å². The highest BCUT2D eigenvalue weighted by Crippen LogP contribution is 1.71. The van der Waals surface area contributed by atoms with E-state index in [-0.39, 0.29) is 6.54 Å². The highest BCUT2D eigenvalue weighted by atomic mass is 16.5. The summed E-state index contributed by atoms with van der Waals surface area (Å²) in [6.45, 7) is -0.236. The number of isocyanates is 1.